The predicted molar refractivity (Wildman–Crippen MR) is 158 cm³/mol. The number of thiocarbonyl (C=S) groups is 1. The average molecular weight is 556 g/mol. The number of benzene rings is 2. The van der Waals surface area contributed by atoms with Gasteiger partial charge in [-0.1, -0.05) is 13.0 Å². The Labute approximate surface area is 235 Å². The van der Waals surface area contributed by atoms with Gasteiger partial charge >= 0.3 is 0 Å². The van der Waals surface area contributed by atoms with Crippen molar-refractivity contribution in [2.24, 2.45) is 0 Å². The van der Waals surface area contributed by atoms with Crippen LogP contribution in [0.25, 0.3) is 0 Å². The lowest BCUT2D eigenvalue weighted by atomic mass is 10.1. The summed E-state index contributed by atoms with van der Waals surface area (Å²) in [6.45, 7) is 8.08. The second kappa shape index (κ2) is 13.4. The highest BCUT2D eigenvalue weighted by atomic mass is 32.2. The van der Waals surface area contributed by atoms with E-state index in [1.807, 2.05) is 59.7 Å². The highest BCUT2D eigenvalue weighted by molar-refractivity contribution is 7.98. The normalized spacial score (nSPS) is 18.8. The van der Waals surface area contributed by atoms with Crippen LogP contribution in [0.2, 0.25) is 0 Å². The molecule has 2 aliphatic heterocycles. The van der Waals surface area contributed by atoms with E-state index in [4.69, 9.17) is 17.0 Å². The highest BCUT2D eigenvalue weighted by Crippen LogP contribution is 2.30. The Kier molecular flexibility index (Phi) is 10.0. The van der Waals surface area contributed by atoms with Crippen molar-refractivity contribution >= 4 is 52.3 Å². The summed E-state index contributed by atoms with van der Waals surface area (Å²) in [7, 11) is 2.13. The molecule has 10 heteroatoms. The molecule has 0 aromatic heterocycles. The lowest BCUT2D eigenvalue weighted by Crippen LogP contribution is -2.48. The van der Waals surface area contributed by atoms with E-state index in [0.717, 1.165) is 55.5 Å². The third kappa shape index (κ3) is 7.05. The molecule has 2 aromatic rings. The summed E-state index contributed by atoms with van der Waals surface area (Å²) in [6.07, 6.45) is 2.95. The van der Waals surface area contributed by atoms with E-state index in [-0.39, 0.29) is 18.2 Å². The van der Waals surface area contributed by atoms with Crippen molar-refractivity contribution in [3.05, 3.63) is 48.5 Å². The molecule has 2 amide bonds. The average Bonchev–Trinajstić information content (AvgIpc) is 3.16. The first kappa shape index (κ1) is 28.4. The van der Waals surface area contributed by atoms with Crippen molar-refractivity contribution in [2.75, 3.05) is 69.4 Å². The lowest BCUT2D eigenvalue weighted by Gasteiger charge is -2.34. The van der Waals surface area contributed by atoms with Crippen molar-refractivity contribution in [3.63, 3.8) is 0 Å². The van der Waals surface area contributed by atoms with Crippen LogP contribution in [0.4, 0.5) is 11.4 Å². The number of rotatable bonds is 11. The van der Waals surface area contributed by atoms with Crippen LogP contribution >= 0.6 is 24.0 Å². The zero-order valence-electron chi connectivity index (χ0n) is 22.4. The second-order valence-corrected chi connectivity index (χ2v) is 10.9. The zero-order chi connectivity index (χ0) is 27.1. The van der Waals surface area contributed by atoms with Crippen molar-refractivity contribution in [2.45, 2.75) is 30.7 Å². The van der Waals surface area contributed by atoms with E-state index >= 15 is 0 Å². The Morgan fingerprint density at radius 3 is 2.53 bits per heavy atom. The van der Waals surface area contributed by atoms with Crippen LogP contribution in [0, 0.1) is 0 Å². The number of hydrogen-bond donors (Lipinski definition) is 1. The monoisotopic (exact) mass is 555 g/mol. The SMILES string of the molecule is CCCOc1ccc(NC(=O)C[C@H]2C(=O)N(c3cccc(SC)c3)C(=S)N2CCN2CCN(C)CC2)cc1. The molecule has 0 unspecified atom stereocenters. The number of nitrogens with zero attached hydrogens (tertiary/aromatic N) is 4. The van der Waals surface area contributed by atoms with Gasteiger partial charge in [-0.3, -0.25) is 19.4 Å². The van der Waals surface area contributed by atoms with E-state index in [2.05, 4.69) is 29.1 Å². The lowest BCUT2D eigenvalue weighted by molar-refractivity contribution is -0.124. The molecule has 0 bridgehead atoms. The first-order chi connectivity index (χ1) is 18.4. The van der Waals surface area contributed by atoms with Gasteiger partial charge in [0.25, 0.3) is 5.91 Å². The van der Waals surface area contributed by atoms with E-state index in [1.165, 1.54) is 0 Å². The smallest absolute Gasteiger partial charge is 0.256 e. The maximum atomic E-state index is 13.7. The summed E-state index contributed by atoms with van der Waals surface area (Å²) >= 11 is 7.46. The van der Waals surface area contributed by atoms with Crippen molar-refractivity contribution in [1.82, 2.24) is 14.7 Å². The van der Waals surface area contributed by atoms with Crippen LogP contribution in [0.1, 0.15) is 19.8 Å². The number of amides is 2. The number of likely N-dealkylation sites (N-methyl/N-ethyl adjacent to an activating group) is 1. The molecule has 0 spiro atoms. The molecule has 2 saturated heterocycles. The molecule has 0 radical (unpaired) electrons. The first-order valence-electron chi connectivity index (χ1n) is 13.1. The quantitative estimate of drug-likeness (QED) is 0.332. The van der Waals surface area contributed by atoms with Gasteiger partial charge in [-0.25, -0.2) is 0 Å². The fourth-order valence-corrected chi connectivity index (χ4v) is 5.50. The van der Waals surface area contributed by atoms with Gasteiger partial charge < -0.3 is 19.9 Å². The number of nitrogens with one attached hydrogen (secondary N) is 1. The summed E-state index contributed by atoms with van der Waals surface area (Å²) in [6, 6.07) is 14.5. The Hall–Kier alpha value is -2.66. The number of carbonyl (C=O) groups is 2. The Bertz CT molecular complexity index is 1120. The Morgan fingerprint density at radius 2 is 1.84 bits per heavy atom. The Balaban J connectivity index is 1.48. The molecular formula is C28H37N5O3S2. The van der Waals surface area contributed by atoms with E-state index in [0.29, 0.717) is 24.0 Å². The second-order valence-electron chi connectivity index (χ2n) is 9.64. The Morgan fingerprint density at radius 1 is 1.11 bits per heavy atom. The summed E-state index contributed by atoms with van der Waals surface area (Å²) in [5.74, 6) is 0.377. The highest BCUT2D eigenvalue weighted by Gasteiger charge is 2.44. The van der Waals surface area contributed by atoms with Crippen LogP contribution in [-0.2, 0) is 9.59 Å². The molecule has 2 aliphatic rings. The topological polar surface area (TPSA) is 68.4 Å². The zero-order valence-corrected chi connectivity index (χ0v) is 24.0. The maximum Gasteiger partial charge on any atom is 0.256 e. The number of hydrogen-bond acceptors (Lipinski definition) is 7. The molecule has 2 aromatic carbocycles. The standard InChI is InChI=1S/C28H37N5O3S2/c1-4-18-36-23-10-8-21(9-11-23)29-26(34)20-25-27(35)33(22-6-5-7-24(19-22)38-3)28(37)32(25)17-16-31-14-12-30(2)13-15-31/h5-11,19,25H,4,12-18,20H2,1-3H3,(H,29,34)/t25-/m0/s1. The van der Waals surface area contributed by atoms with Crippen LogP contribution in [-0.4, -0.2) is 96.8 Å². The summed E-state index contributed by atoms with van der Waals surface area (Å²) in [4.78, 5) is 36.1. The van der Waals surface area contributed by atoms with Gasteiger partial charge in [-0.2, -0.15) is 0 Å². The van der Waals surface area contributed by atoms with Gasteiger partial charge in [0.05, 0.1) is 18.7 Å². The van der Waals surface area contributed by atoms with Crippen molar-refractivity contribution < 1.29 is 14.3 Å². The van der Waals surface area contributed by atoms with Gasteiger partial charge in [0, 0.05) is 49.9 Å². The van der Waals surface area contributed by atoms with E-state index < -0.39 is 6.04 Å². The van der Waals surface area contributed by atoms with Gasteiger partial charge in [-0.15, -0.1) is 11.8 Å². The van der Waals surface area contributed by atoms with Gasteiger partial charge in [0.2, 0.25) is 5.91 Å². The van der Waals surface area contributed by atoms with Crippen LogP contribution in [0.5, 0.6) is 5.75 Å². The van der Waals surface area contributed by atoms with Gasteiger partial charge in [-0.05, 0) is 74.4 Å². The van der Waals surface area contributed by atoms with Gasteiger partial charge in [0.15, 0.2) is 5.11 Å². The minimum atomic E-state index is -0.653. The molecule has 8 nitrogen and oxygen atoms in total. The maximum absolute atomic E-state index is 13.7. The molecule has 1 atom stereocenters. The molecular weight excluding hydrogens is 518 g/mol. The third-order valence-corrected chi connectivity index (χ3v) is 8.02. The van der Waals surface area contributed by atoms with Crippen LogP contribution in [0.15, 0.2) is 53.4 Å². The molecule has 204 valence electrons. The number of anilines is 2. The number of piperazine rings is 1. The molecule has 1 N–H and O–H groups in total. The molecule has 0 saturated carbocycles. The molecule has 4 rings (SSSR count). The predicted octanol–water partition coefficient (Wildman–Crippen LogP) is 3.78. The summed E-state index contributed by atoms with van der Waals surface area (Å²) < 4.78 is 5.62. The third-order valence-electron chi connectivity index (χ3n) is 6.87. The summed E-state index contributed by atoms with van der Waals surface area (Å²) in [5, 5.41) is 3.39. The van der Waals surface area contributed by atoms with Crippen LogP contribution < -0.4 is 15.0 Å². The molecule has 2 heterocycles. The minimum Gasteiger partial charge on any atom is -0.494 e. The first-order valence-corrected chi connectivity index (χ1v) is 14.7. The van der Waals surface area contributed by atoms with Crippen molar-refractivity contribution in [1.29, 1.82) is 0 Å². The van der Waals surface area contributed by atoms with E-state index in [9.17, 15) is 9.59 Å². The number of ether oxygens (including phenoxy) is 1. The van der Waals surface area contributed by atoms with Crippen LogP contribution in [0.3, 0.4) is 0 Å². The molecule has 38 heavy (non-hydrogen) atoms. The number of carbonyl (C=O) groups excluding carboxylic acids is 2. The van der Waals surface area contributed by atoms with E-state index in [1.54, 1.807) is 16.7 Å². The molecule has 0 aliphatic carbocycles. The number of thioether (sulfide) groups is 1. The molecule has 2 fully saturated rings. The fourth-order valence-electron chi connectivity index (χ4n) is 4.64. The fraction of sp³-hybridized carbons (Fsp3) is 0.464. The van der Waals surface area contributed by atoms with Crippen molar-refractivity contribution in [3.8, 4) is 5.75 Å². The largest absolute Gasteiger partial charge is 0.494 e. The van der Waals surface area contributed by atoms with Gasteiger partial charge in [0.1, 0.15) is 11.8 Å². The minimum absolute atomic E-state index is 0.0223. The summed E-state index contributed by atoms with van der Waals surface area (Å²) in [5.41, 5.74) is 1.41.